The van der Waals surface area contributed by atoms with Crippen LogP contribution in [0.1, 0.15) is 18.1 Å². The highest BCUT2D eigenvalue weighted by Gasteiger charge is 2.24. The number of hydrogen-bond acceptors (Lipinski definition) is 2. The van der Waals surface area contributed by atoms with Crippen molar-refractivity contribution in [3.63, 3.8) is 0 Å². The zero-order valence-electron chi connectivity index (χ0n) is 14.0. The molecule has 0 saturated carbocycles. The summed E-state index contributed by atoms with van der Waals surface area (Å²) in [6.07, 6.45) is 2.29. The van der Waals surface area contributed by atoms with Gasteiger partial charge in [0.25, 0.3) is 0 Å². The average molecular weight is 338 g/mol. The van der Waals surface area contributed by atoms with Crippen LogP contribution in [-0.2, 0) is 16.0 Å². The van der Waals surface area contributed by atoms with Crippen molar-refractivity contribution in [2.75, 3.05) is 18.0 Å². The number of nitrogens with one attached hydrogen (secondary N) is 1. The van der Waals surface area contributed by atoms with Crippen LogP contribution in [0.2, 0.25) is 0 Å². The molecule has 3 rings (SSSR count). The van der Waals surface area contributed by atoms with Crippen molar-refractivity contribution in [1.82, 2.24) is 5.32 Å². The lowest BCUT2D eigenvalue weighted by Gasteiger charge is -2.17. The molecule has 25 heavy (non-hydrogen) atoms. The first kappa shape index (κ1) is 16.9. The number of hydrogen-bond donors (Lipinski definition) is 1. The van der Waals surface area contributed by atoms with Gasteiger partial charge in [-0.2, -0.15) is 0 Å². The fraction of sp³-hybridized carbons (Fsp3) is 0.200. The van der Waals surface area contributed by atoms with Gasteiger partial charge in [-0.15, -0.1) is 0 Å². The molecule has 2 aromatic rings. The second-order valence-electron chi connectivity index (χ2n) is 5.96. The molecular weight excluding hydrogens is 319 g/mol. The maximum absolute atomic E-state index is 13.6. The summed E-state index contributed by atoms with van der Waals surface area (Å²) >= 11 is 0. The molecule has 0 fully saturated rings. The molecule has 0 radical (unpaired) electrons. The van der Waals surface area contributed by atoms with Gasteiger partial charge in [0.1, 0.15) is 5.82 Å². The predicted molar refractivity (Wildman–Crippen MR) is 95.6 cm³/mol. The highest BCUT2D eigenvalue weighted by atomic mass is 19.1. The number of amides is 2. The second-order valence-corrected chi connectivity index (χ2v) is 5.96. The van der Waals surface area contributed by atoms with E-state index in [1.165, 1.54) is 12.1 Å². The summed E-state index contributed by atoms with van der Waals surface area (Å²) in [5.74, 6) is -0.930. The van der Waals surface area contributed by atoms with Gasteiger partial charge < -0.3 is 10.2 Å². The van der Waals surface area contributed by atoms with E-state index in [9.17, 15) is 14.0 Å². The maximum Gasteiger partial charge on any atom is 0.247 e. The summed E-state index contributed by atoms with van der Waals surface area (Å²) < 4.78 is 13.6. The minimum atomic E-state index is -0.389. The van der Waals surface area contributed by atoms with Crippen molar-refractivity contribution in [2.24, 2.45) is 0 Å². The van der Waals surface area contributed by atoms with Gasteiger partial charge in [0, 0.05) is 23.4 Å². The normalized spacial score (nSPS) is 13.5. The number of fused-ring (bicyclic) bond motifs is 1. The minimum Gasteiger partial charge on any atom is -0.343 e. The summed E-state index contributed by atoms with van der Waals surface area (Å²) in [7, 11) is 0. The van der Waals surface area contributed by atoms with E-state index in [1.807, 2.05) is 24.3 Å². The van der Waals surface area contributed by atoms with Crippen molar-refractivity contribution < 1.29 is 14.0 Å². The molecule has 128 valence electrons. The van der Waals surface area contributed by atoms with Gasteiger partial charge in [-0.3, -0.25) is 9.59 Å². The van der Waals surface area contributed by atoms with Crippen molar-refractivity contribution >= 4 is 23.6 Å². The Hall–Kier alpha value is -2.95. The molecule has 0 unspecified atom stereocenters. The van der Waals surface area contributed by atoms with Crippen LogP contribution >= 0.6 is 0 Å². The SMILES string of the molecule is C/C(=C\c1ccccc1F)C(=O)NCC(=O)N1CCc2ccccc21. The molecule has 1 N–H and O–H groups in total. The van der Waals surface area contributed by atoms with E-state index in [4.69, 9.17) is 0 Å². The Morgan fingerprint density at radius 3 is 2.68 bits per heavy atom. The molecule has 2 amide bonds. The van der Waals surface area contributed by atoms with E-state index in [2.05, 4.69) is 5.32 Å². The number of carbonyl (C=O) groups is 2. The van der Waals surface area contributed by atoms with Gasteiger partial charge in [-0.05, 0) is 37.1 Å². The third-order valence-corrected chi connectivity index (χ3v) is 4.22. The Morgan fingerprint density at radius 2 is 1.88 bits per heavy atom. The highest BCUT2D eigenvalue weighted by molar-refractivity contribution is 6.02. The quantitative estimate of drug-likeness (QED) is 0.872. The molecule has 0 saturated heterocycles. The van der Waals surface area contributed by atoms with E-state index < -0.39 is 0 Å². The summed E-state index contributed by atoms with van der Waals surface area (Å²) in [5, 5.41) is 2.61. The van der Waals surface area contributed by atoms with Crippen LogP contribution in [0, 0.1) is 5.82 Å². The van der Waals surface area contributed by atoms with E-state index >= 15 is 0 Å². The number of carbonyl (C=O) groups excluding carboxylic acids is 2. The fourth-order valence-electron chi connectivity index (χ4n) is 2.88. The van der Waals surface area contributed by atoms with Crippen molar-refractivity contribution in [3.8, 4) is 0 Å². The van der Waals surface area contributed by atoms with E-state index in [1.54, 1.807) is 30.0 Å². The number of nitrogens with zero attached hydrogens (tertiary/aromatic N) is 1. The van der Waals surface area contributed by atoms with Gasteiger partial charge >= 0.3 is 0 Å². The van der Waals surface area contributed by atoms with Crippen LogP contribution in [0.15, 0.2) is 54.1 Å². The highest BCUT2D eigenvalue weighted by Crippen LogP contribution is 2.27. The Balaban J connectivity index is 1.61. The number of anilines is 1. The van der Waals surface area contributed by atoms with Gasteiger partial charge in [-0.25, -0.2) is 4.39 Å². The topological polar surface area (TPSA) is 49.4 Å². The van der Waals surface area contributed by atoms with Gasteiger partial charge in [0.15, 0.2) is 0 Å². The molecule has 5 heteroatoms. The second kappa shape index (κ2) is 7.30. The van der Waals surface area contributed by atoms with Crippen LogP contribution in [0.3, 0.4) is 0 Å². The van der Waals surface area contributed by atoms with Crippen LogP contribution in [-0.4, -0.2) is 24.9 Å². The molecule has 0 aromatic heterocycles. The van der Waals surface area contributed by atoms with Crippen LogP contribution in [0.4, 0.5) is 10.1 Å². The minimum absolute atomic E-state index is 0.0877. The largest absolute Gasteiger partial charge is 0.343 e. The first-order chi connectivity index (χ1) is 12.1. The van der Waals surface area contributed by atoms with Crippen LogP contribution < -0.4 is 10.2 Å². The van der Waals surface area contributed by atoms with Gasteiger partial charge in [-0.1, -0.05) is 36.4 Å². The molecular formula is C20H19FN2O2. The van der Waals surface area contributed by atoms with Crippen LogP contribution in [0.25, 0.3) is 6.08 Å². The smallest absolute Gasteiger partial charge is 0.247 e. The lowest BCUT2D eigenvalue weighted by Crippen LogP contribution is -2.39. The molecule has 2 aromatic carbocycles. The lowest BCUT2D eigenvalue weighted by atomic mass is 10.1. The number of para-hydroxylation sites is 1. The van der Waals surface area contributed by atoms with Crippen molar-refractivity contribution in [2.45, 2.75) is 13.3 Å². The van der Waals surface area contributed by atoms with E-state index in [-0.39, 0.29) is 24.2 Å². The monoisotopic (exact) mass is 338 g/mol. The number of rotatable bonds is 4. The summed E-state index contributed by atoms with van der Waals surface area (Å²) in [5.41, 5.74) is 2.73. The molecule has 4 nitrogen and oxygen atoms in total. The first-order valence-corrected chi connectivity index (χ1v) is 8.15. The zero-order valence-corrected chi connectivity index (χ0v) is 14.0. The number of halogens is 1. The third kappa shape index (κ3) is 3.76. The van der Waals surface area contributed by atoms with Crippen molar-refractivity contribution in [3.05, 3.63) is 71.0 Å². The third-order valence-electron chi connectivity index (χ3n) is 4.22. The van der Waals surface area contributed by atoms with E-state index in [0.29, 0.717) is 17.7 Å². The Labute approximate surface area is 146 Å². The average Bonchev–Trinajstić information content (AvgIpc) is 3.05. The molecule has 0 atom stereocenters. The van der Waals surface area contributed by atoms with Crippen molar-refractivity contribution in [1.29, 1.82) is 0 Å². The molecule has 0 aliphatic carbocycles. The Kier molecular flexibility index (Phi) is 4.93. The molecule has 0 spiro atoms. The zero-order chi connectivity index (χ0) is 17.8. The Bertz CT molecular complexity index is 845. The first-order valence-electron chi connectivity index (χ1n) is 8.15. The van der Waals surface area contributed by atoms with Gasteiger partial charge in [0.05, 0.1) is 6.54 Å². The van der Waals surface area contributed by atoms with E-state index in [0.717, 1.165) is 17.7 Å². The molecule has 1 heterocycles. The summed E-state index contributed by atoms with van der Waals surface area (Å²) in [4.78, 5) is 26.2. The molecule has 0 bridgehead atoms. The summed E-state index contributed by atoms with van der Waals surface area (Å²) in [6, 6.07) is 14.0. The number of benzene rings is 2. The predicted octanol–water partition coefficient (Wildman–Crippen LogP) is 2.93. The molecule has 1 aliphatic rings. The maximum atomic E-state index is 13.6. The standard InChI is InChI=1S/C20H19FN2O2/c1-14(12-16-7-2-4-8-17(16)21)20(25)22-13-19(24)23-11-10-15-6-3-5-9-18(15)23/h2-9,12H,10-11,13H2,1H3,(H,22,25)/b14-12+. The summed E-state index contributed by atoms with van der Waals surface area (Å²) in [6.45, 7) is 2.13. The Morgan fingerprint density at radius 1 is 1.16 bits per heavy atom. The fourth-order valence-corrected chi connectivity index (χ4v) is 2.88. The lowest BCUT2D eigenvalue weighted by molar-refractivity contribution is -0.122. The molecule has 1 aliphatic heterocycles. The van der Waals surface area contributed by atoms with Crippen LogP contribution in [0.5, 0.6) is 0 Å². The van der Waals surface area contributed by atoms with Gasteiger partial charge in [0.2, 0.25) is 11.8 Å².